The number of hydrogen-bond acceptors (Lipinski definition) is 5. The van der Waals surface area contributed by atoms with E-state index in [4.69, 9.17) is 4.52 Å². The van der Waals surface area contributed by atoms with E-state index >= 15 is 0 Å². The number of thioether (sulfide) groups is 1. The fraction of sp³-hybridized carbons (Fsp3) is 0.800. The van der Waals surface area contributed by atoms with Crippen LogP contribution in [0.1, 0.15) is 39.1 Å². The van der Waals surface area contributed by atoms with Crippen molar-refractivity contribution in [1.29, 1.82) is 0 Å². The highest BCUT2D eigenvalue weighted by atomic mass is 32.2. The number of rotatable bonds is 6. The molecule has 5 heteroatoms. The summed E-state index contributed by atoms with van der Waals surface area (Å²) in [5.41, 5.74) is 1.01. The minimum atomic E-state index is 0.347. The molecule has 0 saturated carbocycles. The van der Waals surface area contributed by atoms with E-state index in [1.54, 1.807) is 0 Å². The predicted molar refractivity (Wildman–Crippen MR) is 84.9 cm³/mol. The van der Waals surface area contributed by atoms with Crippen molar-refractivity contribution in [3.8, 4) is 0 Å². The molecule has 0 spiro atoms. The maximum atomic E-state index is 5.45. The zero-order valence-corrected chi connectivity index (χ0v) is 13.9. The summed E-state index contributed by atoms with van der Waals surface area (Å²) in [5, 5.41) is 7.54. The highest BCUT2D eigenvalue weighted by Crippen LogP contribution is 2.30. The second kappa shape index (κ2) is 6.96. The Morgan fingerprint density at radius 3 is 3.00 bits per heavy atom. The molecule has 1 fully saturated rings. The Kier molecular flexibility index (Phi) is 5.52. The molecule has 0 unspecified atom stereocenters. The Morgan fingerprint density at radius 1 is 1.50 bits per heavy atom. The van der Waals surface area contributed by atoms with E-state index in [0.29, 0.717) is 10.7 Å². The highest BCUT2D eigenvalue weighted by molar-refractivity contribution is 8.00. The van der Waals surface area contributed by atoms with Crippen molar-refractivity contribution >= 4 is 11.8 Å². The van der Waals surface area contributed by atoms with Crippen LogP contribution in [0.2, 0.25) is 0 Å². The Balaban J connectivity index is 1.80. The van der Waals surface area contributed by atoms with Crippen molar-refractivity contribution in [3.63, 3.8) is 0 Å². The van der Waals surface area contributed by atoms with Crippen molar-refractivity contribution in [2.75, 3.05) is 25.4 Å². The predicted octanol–water partition coefficient (Wildman–Crippen LogP) is 2.75. The van der Waals surface area contributed by atoms with Gasteiger partial charge in [-0.1, -0.05) is 19.0 Å². The molecule has 1 aliphatic heterocycles. The van der Waals surface area contributed by atoms with E-state index < -0.39 is 0 Å². The van der Waals surface area contributed by atoms with Crippen molar-refractivity contribution in [2.45, 2.75) is 45.5 Å². The van der Waals surface area contributed by atoms with Crippen LogP contribution in [0.15, 0.2) is 10.6 Å². The molecule has 1 aromatic rings. The average Bonchev–Trinajstić information content (AvgIpc) is 2.75. The van der Waals surface area contributed by atoms with Gasteiger partial charge in [-0.25, -0.2) is 0 Å². The quantitative estimate of drug-likeness (QED) is 0.874. The van der Waals surface area contributed by atoms with E-state index in [9.17, 15) is 0 Å². The summed E-state index contributed by atoms with van der Waals surface area (Å²) >= 11 is 2.06. The minimum absolute atomic E-state index is 0.347. The monoisotopic (exact) mass is 297 g/mol. The topological polar surface area (TPSA) is 41.3 Å². The van der Waals surface area contributed by atoms with Gasteiger partial charge in [0.1, 0.15) is 0 Å². The normalized spacial score (nSPS) is 19.6. The van der Waals surface area contributed by atoms with Gasteiger partial charge < -0.3 is 9.84 Å². The Hall–Kier alpha value is -0.520. The summed E-state index contributed by atoms with van der Waals surface area (Å²) in [6, 6.07) is 2.09. The summed E-state index contributed by atoms with van der Waals surface area (Å²) in [4.78, 5) is 2.46. The second-order valence-corrected chi connectivity index (χ2v) is 8.43. The SMILES string of the molecule is CC(C)CNCc1cc(CN2CCSC(C)(C)C2)on1. The van der Waals surface area contributed by atoms with E-state index in [0.717, 1.165) is 44.2 Å². The third kappa shape index (κ3) is 5.11. The van der Waals surface area contributed by atoms with Gasteiger partial charge in [0.2, 0.25) is 0 Å². The first-order valence-corrected chi connectivity index (χ1v) is 8.45. The fourth-order valence-corrected chi connectivity index (χ4v) is 3.65. The van der Waals surface area contributed by atoms with Crippen LogP contribution < -0.4 is 5.32 Å². The summed E-state index contributed by atoms with van der Waals surface area (Å²) in [6.07, 6.45) is 0. The van der Waals surface area contributed by atoms with Crippen LogP contribution in [-0.4, -0.2) is 40.2 Å². The molecule has 0 bridgehead atoms. The van der Waals surface area contributed by atoms with Gasteiger partial charge >= 0.3 is 0 Å². The molecular formula is C15H27N3OS. The van der Waals surface area contributed by atoms with Crippen LogP contribution in [0.5, 0.6) is 0 Å². The molecule has 4 nitrogen and oxygen atoms in total. The van der Waals surface area contributed by atoms with Crippen molar-refractivity contribution in [3.05, 3.63) is 17.5 Å². The molecule has 1 saturated heterocycles. The van der Waals surface area contributed by atoms with Crippen LogP contribution in [0.3, 0.4) is 0 Å². The summed E-state index contributed by atoms with van der Waals surface area (Å²) < 4.78 is 5.80. The fourth-order valence-electron chi connectivity index (χ4n) is 2.47. The van der Waals surface area contributed by atoms with Gasteiger partial charge in [-0.05, 0) is 26.3 Å². The number of nitrogens with zero attached hydrogens (tertiary/aromatic N) is 2. The zero-order chi connectivity index (χ0) is 14.6. The van der Waals surface area contributed by atoms with Crippen molar-refractivity contribution in [2.24, 2.45) is 5.92 Å². The summed E-state index contributed by atoms with van der Waals surface area (Å²) in [7, 11) is 0. The number of aromatic nitrogens is 1. The summed E-state index contributed by atoms with van der Waals surface area (Å²) in [5.74, 6) is 2.84. The Labute approximate surface area is 126 Å². The van der Waals surface area contributed by atoms with Gasteiger partial charge in [-0.3, -0.25) is 4.90 Å². The molecule has 0 aromatic carbocycles. The molecule has 1 aliphatic rings. The van der Waals surface area contributed by atoms with Gasteiger partial charge in [0.15, 0.2) is 5.76 Å². The van der Waals surface area contributed by atoms with Crippen molar-refractivity contribution < 1.29 is 4.52 Å². The molecule has 1 N–H and O–H groups in total. The zero-order valence-electron chi connectivity index (χ0n) is 13.1. The van der Waals surface area contributed by atoms with E-state index in [1.165, 1.54) is 5.75 Å². The molecule has 20 heavy (non-hydrogen) atoms. The first-order valence-electron chi connectivity index (χ1n) is 7.46. The lowest BCUT2D eigenvalue weighted by molar-refractivity contribution is 0.221. The van der Waals surface area contributed by atoms with Gasteiger partial charge in [0, 0.05) is 36.2 Å². The van der Waals surface area contributed by atoms with E-state index in [2.05, 4.69) is 60.9 Å². The molecule has 1 aromatic heterocycles. The average molecular weight is 297 g/mol. The third-order valence-electron chi connectivity index (χ3n) is 3.35. The molecule has 2 heterocycles. The van der Waals surface area contributed by atoms with E-state index in [1.807, 2.05) is 0 Å². The standard InChI is InChI=1S/C15H27N3OS/c1-12(2)8-16-9-13-7-14(19-17-13)10-18-5-6-20-15(3,4)11-18/h7,12,16H,5-6,8-11H2,1-4H3. The van der Waals surface area contributed by atoms with Gasteiger partial charge in [0.25, 0.3) is 0 Å². The lowest BCUT2D eigenvalue weighted by Crippen LogP contribution is -2.42. The molecule has 0 radical (unpaired) electrons. The molecular weight excluding hydrogens is 270 g/mol. The second-order valence-electron chi connectivity index (χ2n) is 6.63. The Bertz CT molecular complexity index is 417. The molecule has 2 rings (SSSR count). The van der Waals surface area contributed by atoms with Crippen molar-refractivity contribution in [1.82, 2.24) is 15.4 Å². The molecule has 114 valence electrons. The first kappa shape index (κ1) is 15.9. The minimum Gasteiger partial charge on any atom is -0.360 e. The number of nitrogens with one attached hydrogen (secondary N) is 1. The maximum absolute atomic E-state index is 5.45. The highest BCUT2D eigenvalue weighted by Gasteiger charge is 2.27. The molecule has 0 atom stereocenters. The third-order valence-corrected chi connectivity index (χ3v) is 4.65. The lowest BCUT2D eigenvalue weighted by Gasteiger charge is -2.36. The van der Waals surface area contributed by atoms with Crippen LogP contribution >= 0.6 is 11.8 Å². The van der Waals surface area contributed by atoms with Crippen LogP contribution in [0, 0.1) is 5.92 Å². The molecule has 0 amide bonds. The van der Waals surface area contributed by atoms with E-state index in [-0.39, 0.29) is 0 Å². The van der Waals surface area contributed by atoms with Crippen LogP contribution in [0.4, 0.5) is 0 Å². The smallest absolute Gasteiger partial charge is 0.151 e. The lowest BCUT2D eigenvalue weighted by atomic mass is 10.2. The van der Waals surface area contributed by atoms with Crippen LogP contribution in [-0.2, 0) is 13.1 Å². The maximum Gasteiger partial charge on any atom is 0.151 e. The van der Waals surface area contributed by atoms with Gasteiger partial charge in [-0.2, -0.15) is 11.8 Å². The Morgan fingerprint density at radius 2 is 2.30 bits per heavy atom. The largest absolute Gasteiger partial charge is 0.360 e. The number of hydrogen-bond donors (Lipinski definition) is 1. The summed E-state index contributed by atoms with van der Waals surface area (Å²) in [6.45, 7) is 14.0. The van der Waals surface area contributed by atoms with Crippen LogP contribution in [0.25, 0.3) is 0 Å². The molecule has 0 aliphatic carbocycles. The van der Waals surface area contributed by atoms with Gasteiger partial charge in [0.05, 0.1) is 12.2 Å². The first-order chi connectivity index (χ1) is 9.44. The van der Waals surface area contributed by atoms with Gasteiger partial charge in [-0.15, -0.1) is 0 Å².